The molecule has 2 heteroatoms. The Bertz CT molecular complexity index is 194. The highest BCUT2D eigenvalue weighted by Gasteiger charge is 2.45. The lowest BCUT2D eigenvalue weighted by Gasteiger charge is -2.20. The fourth-order valence-electron chi connectivity index (χ4n) is 1.62. The summed E-state index contributed by atoms with van der Waals surface area (Å²) in [6.07, 6.45) is 1.52. The second-order valence-corrected chi connectivity index (χ2v) is 3.97. The number of carbonyl (C=O) groups excluding carboxylic acids is 2. The molecule has 0 N–H and O–H groups in total. The average molecular weight is 154 g/mol. The molecule has 0 heterocycles. The molecular formula is C9H14O2. The van der Waals surface area contributed by atoms with E-state index in [4.69, 9.17) is 0 Å². The van der Waals surface area contributed by atoms with Crippen LogP contribution >= 0.6 is 0 Å². The summed E-state index contributed by atoms with van der Waals surface area (Å²) in [6.45, 7) is 5.87. The average Bonchev–Trinajstić information content (AvgIpc) is 2.14. The van der Waals surface area contributed by atoms with E-state index in [1.165, 1.54) is 0 Å². The molecule has 1 aliphatic carbocycles. The summed E-state index contributed by atoms with van der Waals surface area (Å²) in [5, 5.41) is 0. The molecule has 0 radical (unpaired) electrons. The molecule has 2 unspecified atom stereocenters. The first-order valence-electron chi connectivity index (χ1n) is 3.99. The Balaban J connectivity index is 2.88. The van der Waals surface area contributed by atoms with Crippen LogP contribution < -0.4 is 0 Å². The largest absolute Gasteiger partial charge is 0.303 e. The van der Waals surface area contributed by atoms with E-state index in [9.17, 15) is 9.59 Å². The first kappa shape index (κ1) is 8.44. The molecule has 0 aromatic carbocycles. The van der Waals surface area contributed by atoms with E-state index in [1.54, 1.807) is 0 Å². The lowest BCUT2D eigenvalue weighted by Crippen LogP contribution is -2.25. The third-order valence-electron chi connectivity index (χ3n) is 2.98. The number of Topliss-reactive ketones (excluding diaryl/α,β-unsaturated/α-hetero) is 1. The topological polar surface area (TPSA) is 34.1 Å². The Morgan fingerprint density at radius 1 is 1.55 bits per heavy atom. The van der Waals surface area contributed by atoms with Crippen molar-refractivity contribution in [2.75, 3.05) is 0 Å². The van der Waals surface area contributed by atoms with Gasteiger partial charge in [0.25, 0.3) is 0 Å². The molecule has 11 heavy (non-hydrogen) atoms. The number of aldehydes is 1. The van der Waals surface area contributed by atoms with Gasteiger partial charge in [-0.25, -0.2) is 0 Å². The predicted octanol–water partition coefficient (Wildman–Crippen LogP) is 1.44. The maximum atomic E-state index is 11.4. The van der Waals surface area contributed by atoms with Gasteiger partial charge in [-0.05, 0) is 12.3 Å². The monoisotopic (exact) mass is 154 g/mol. The van der Waals surface area contributed by atoms with E-state index >= 15 is 0 Å². The lowest BCUT2D eigenvalue weighted by molar-refractivity contribution is -0.130. The van der Waals surface area contributed by atoms with Crippen molar-refractivity contribution in [2.45, 2.75) is 27.2 Å². The quantitative estimate of drug-likeness (QED) is 0.423. The summed E-state index contributed by atoms with van der Waals surface area (Å²) in [6, 6.07) is 0. The van der Waals surface area contributed by atoms with E-state index in [0.29, 0.717) is 5.92 Å². The van der Waals surface area contributed by atoms with Crippen molar-refractivity contribution in [2.24, 2.45) is 17.3 Å². The van der Waals surface area contributed by atoms with Gasteiger partial charge in [-0.1, -0.05) is 20.8 Å². The minimum absolute atomic E-state index is 0.111. The summed E-state index contributed by atoms with van der Waals surface area (Å²) < 4.78 is 0. The van der Waals surface area contributed by atoms with Crippen molar-refractivity contribution in [1.29, 1.82) is 0 Å². The maximum absolute atomic E-state index is 11.4. The number of ketones is 1. The van der Waals surface area contributed by atoms with Crippen LogP contribution in [-0.2, 0) is 9.59 Å². The zero-order valence-corrected chi connectivity index (χ0v) is 7.26. The maximum Gasteiger partial charge on any atom is 0.148 e. The zero-order valence-electron chi connectivity index (χ0n) is 7.26. The van der Waals surface area contributed by atoms with Crippen LogP contribution in [-0.4, -0.2) is 12.1 Å². The van der Waals surface area contributed by atoms with Crippen molar-refractivity contribution < 1.29 is 9.59 Å². The van der Waals surface area contributed by atoms with Gasteiger partial charge in [0.2, 0.25) is 0 Å². The van der Waals surface area contributed by atoms with Crippen LogP contribution in [0.15, 0.2) is 0 Å². The fourth-order valence-corrected chi connectivity index (χ4v) is 1.62. The molecule has 0 aromatic heterocycles. The van der Waals surface area contributed by atoms with Crippen LogP contribution in [0.3, 0.4) is 0 Å². The predicted molar refractivity (Wildman–Crippen MR) is 42.1 cm³/mol. The van der Waals surface area contributed by atoms with Gasteiger partial charge in [0, 0.05) is 5.41 Å². The molecule has 1 aliphatic rings. The molecule has 2 atom stereocenters. The first-order valence-corrected chi connectivity index (χ1v) is 3.99. The van der Waals surface area contributed by atoms with Crippen LogP contribution in [0.25, 0.3) is 0 Å². The van der Waals surface area contributed by atoms with E-state index in [0.717, 1.165) is 12.7 Å². The number of carbonyl (C=O) groups is 2. The van der Waals surface area contributed by atoms with Crippen LogP contribution in [0.4, 0.5) is 0 Å². The normalized spacial score (nSPS) is 35.7. The van der Waals surface area contributed by atoms with Gasteiger partial charge in [0.1, 0.15) is 12.1 Å². The second kappa shape index (κ2) is 2.43. The molecule has 0 amide bonds. The Kier molecular flexibility index (Phi) is 1.87. The SMILES string of the molecule is CC1CC(C=O)C(=O)C1(C)C. The molecule has 0 aromatic rings. The summed E-state index contributed by atoms with van der Waals surface area (Å²) in [5.41, 5.74) is -0.286. The van der Waals surface area contributed by atoms with Gasteiger partial charge in [0.15, 0.2) is 0 Å². The van der Waals surface area contributed by atoms with Gasteiger partial charge in [-0.3, -0.25) is 4.79 Å². The summed E-state index contributed by atoms with van der Waals surface area (Å²) >= 11 is 0. The fraction of sp³-hybridized carbons (Fsp3) is 0.778. The molecule has 1 saturated carbocycles. The summed E-state index contributed by atoms with van der Waals surface area (Å²) in [4.78, 5) is 21.9. The van der Waals surface area contributed by atoms with Crippen molar-refractivity contribution >= 4 is 12.1 Å². The number of hydrogen-bond donors (Lipinski definition) is 0. The van der Waals surface area contributed by atoms with Crippen molar-refractivity contribution in [3.05, 3.63) is 0 Å². The van der Waals surface area contributed by atoms with Crippen LogP contribution in [0.2, 0.25) is 0 Å². The Morgan fingerprint density at radius 3 is 2.27 bits per heavy atom. The smallest absolute Gasteiger partial charge is 0.148 e. The third-order valence-corrected chi connectivity index (χ3v) is 2.98. The van der Waals surface area contributed by atoms with Crippen molar-refractivity contribution in [3.8, 4) is 0 Å². The van der Waals surface area contributed by atoms with E-state index in [2.05, 4.69) is 0 Å². The molecule has 1 fully saturated rings. The highest BCUT2D eigenvalue weighted by atomic mass is 16.1. The summed E-state index contributed by atoms with van der Waals surface area (Å²) in [7, 11) is 0. The molecule has 0 bridgehead atoms. The molecule has 62 valence electrons. The van der Waals surface area contributed by atoms with Crippen molar-refractivity contribution in [3.63, 3.8) is 0 Å². The highest BCUT2D eigenvalue weighted by molar-refractivity contribution is 5.98. The Labute approximate surface area is 67.0 Å². The van der Waals surface area contributed by atoms with Gasteiger partial charge < -0.3 is 4.79 Å². The Hall–Kier alpha value is -0.660. The molecule has 0 aliphatic heterocycles. The number of hydrogen-bond acceptors (Lipinski definition) is 2. The van der Waals surface area contributed by atoms with Crippen LogP contribution in [0.1, 0.15) is 27.2 Å². The van der Waals surface area contributed by atoms with Gasteiger partial charge in [-0.2, -0.15) is 0 Å². The standard InChI is InChI=1S/C9H14O2/c1-6-4-7(5-10)8(11)9(6,2)3/h5-7H,4H2,1-3H3. The summed E-state index contributed by atoms with van der Waals surface area (Å²) in [5.74, 6) is 0.116. The Morgan fingerprint density at radius 2 is 2.09 bits per heavy atom. The van der Waals surface area contributed by atoms with E-state index < -0.39 is 0 Å². The minimum atomic E-state index is -0.333. The van der Waals surface area contributed by atoms with E-state index in [1.807, 2.05) is 20.8 Å². The first-order chi connectivity index (χ1) is 5.00. The number of rotatable bonds is 1. The minimum Gasteiger partial charge on any atom is -0.303 e. The van der Waals surface area contributed by atoms with Gasteiger partial charge in [-0.15, -0.1) is 0 Å². The molecule has 1 rings (SSSR count). The van der Waals surface area contributed by atoms with Crippen molar-refractivity contribution in [1.82, 2.24) is 0 Å². The molecular weight excluding hydrogens is 140 g/mol. The molecule has 0 saturated heterocycles. The van der Waals surface area contributed by atoms with Crippen LogP contribution in [0.5, 0.6) is 0 Å². The van der Waals surface area contributed by atoms with E-state index in [-0.39, 0.29) is 17.1 Å². The lowest BCUT2D eigenvalue weighted by atomic mass is 9.82. The van der Waals surface area contributed by atoms with Crippen LogP contribution in [0, 0.1) is 17.3 Å². The molecule has 0 spiro atoms. The van der Waals surface area contributed by atoms with Gasteiger partial charge >= 0.3 is 0 Å². The third kappa shape index (κ3) is 1.10. The molecule has 2 nitrogen and oxygen atoms in total. The zero-order chi connectivity index (χ0) is 8.65. The van der Waals surface area contributed by atoms with Gasteiger partial charge in [0.05, 0.1) is 5.92 Å². The second-order valence-electron chi connectivity index (χ2n) is 3.97. The highest BCUT2D eigenvalue weighted by Crippen LogP contribution is 2.41.